The number of thiazole rings is 1. The number of nitrogens with zero attached hydrogens (tertiary/aromatic N) is 3. The van der Waals surface area contributed by atoms with Crippen molar-refractivity contribution in [3.63, 3.8) is 0 Å². The van der Waals surface area contributed by atoms with Crippen LogP contribution < -0.4 is 5.32 Å². The Hall–Kier alpha value is -1.49. The number of nitrogens with one attached hydrogen (secondary N) is 1. The van der Waals surface area contributed by atoms with Gasteiger partial charge in [0.05, 0.1) is 6.54 Å². The zero-order valence-corrected chi connectivity index (χ0v) is 11.1. The van der Waals surface area contributed by atoms with Gasteiger partial charge in [-0.3, -0.25) is 0 Å². The summed E-state index contributed by atoms with van der Waals surface area (Å²) in [6.07, 6.45) is 1.80. The van der Waals surface area contributed by atoms with Crippen LogP contribution in [-0.2, 0) is 6.54 Å². The first-order valence-corrected chi connectivity index (χ1v) is 6.51. The van der Waals surface area contributed by atoms with Gasteiger partial charge in [0.25, 0.3) is 0 Å². The SMILES string of the molecule is Cc1cc(C(C)C)nc(NCc2nccs2)n1. The van der Waals surface area contributed by atoms with Crippen LogP contribution >= 0.6 is 11.3 Å². The van der Waals surface area contributed by atoms with Crippen LogP contribution in [0.2, 0.25) is 0 Å². The summed E-state index contributed by atoms with van der Waals surface area (Å²) < 4.78 is 0. The molecule has 0 amide bonds. The molecule has 0 radical (unpaired) electrons. The molecule has 0 aliphatic rings. The number of hydrogen-bond donors (Lipinski definition) is 1. The van der Waals surface area contributed by atoms with E-state index < -0.39 is 0 Å². The normalized spacial score (nSPS) is 10.8. The molecule has 17 heavy (non-hydrogen) atoms. The Morgan fingerprint density at radius 1 is 1.35 bits per heavy atom. The van der Waals surface area contributed by atoms with Crippen molar-refractivity contribution < 1.29 is 0 Å². The fourth-order valence-corrected chi connectivity index (χ4v) is 2.02. The van der Waals surface area contributed by atoms with Gasteiger partial charge in [-0.15, -0.1) is 11.3 Å². The molecule has 0 aliphatic carbocycles. The molecule has 0 atom stereocenters. The first-order chi connectivity index (χ1) is 8.15. The summed E-state index contributed by atoms with van der Waals surface area (Å²) in [5, 5.41) is 6.22. The van der Waals surface area contributed by atoms with Crippen molar-refractivity contribution in [2.24, 2.45) is 0 Å². The van der Waals surface area contributed by atoms with Crippen molar-refractivity contribution in [2.75, 3.05) is 5.32 Å². The number of hydrogen-bond acceptors (Lipinski definition) is 5. The molecular formula is C12H16N4S. The van der Waals surface area contributed by atoms with Crippen LogP contribution in [0, 0.1) is 6.92 Å². The molecule has 0 saturated carbocycles. The van der Waals surface area contributed by atoms with Crippen molar-refractivity contribution in [1.29, 1.82) is 0 Å². The summed E-state index contributed by atoms with van der Waals surface area (Å²) in [5.74, 6) is 1.10. The molecule has 2 rings (SSSR count). The molecule has 0 spiro atoms. The summed E-state index contributed by atoms with van der Waals surface area (Å²) in [6.45, 7) is 6.93. The van der Waals surface area contributed by atoms with E-state index in [2.05, 4.69) is 34.1 Å². The van der Waals surface area contributed by atoms with Gasteiger partial charge in [0, 0.05) is 23.0 Å². The van der Waals surface area contributed by atoms with Crippen LogP contribution in [0.5, 0.6) is 0 Å². The van der Waals surface area contributed by atoms with Crippen LogP contribution in [0.4, 0.5) is 5.95 Å². The lowest BCUT2D eigenvalue weighted by Crippen LogP contribution is -2.06. The van der Waals surface area contributed by atoms with Gasteiger partial charge in [-0.05, 0) is 18.9 Å². The molecule has 2 heterocycles. The van der Waals surface area contributed by atoms with Gasteiger partial charge in [0.2, 0.25) is 5.95 Å². The van der Waals surface area contributed by atoms with Gasteiger partial charge in [-0.2, -0.15) is 0 Å². The van der Waals surface area contributed by atoms with Gasteiger partial charge >= 0.3 is 0 Å². The van der Waals surface area contributed by atoms with Crippen molar-refractivity contribution in [3.8, 4) is 0 Å². The topological polar surface area (TPSA) is 50.7 Å². The van der Waals surface area contributed by atoms with Crippen LogP contribution in [0.1, 0.15) is 36.2 Å². The number of aromatic nitrogens is 3. The van der Waals surface area contributed by atoms with E-state index in [4.69, 9.17) is 0 Å². The molecular weight excluding hydrogens is 232 g/mol. The summed E-state index contributed by atoms with van der Waals surface area (Å²) in [5.41, 5.74) is 2.06. The highest BCUT2D eigenvalue weighted by Crippen LogP contribution is 2.15. The van der Waals surface area contributed by atoms with Crippen LogP contribution in [-0.4, -0.2) is 15.0 Å². The highest BCUT2D eigenvalue weighted by atomic mass is 32.1. The van der Waals surface area contributed by atoms with E-state index in [9.17, 15) is 0 Å². The molecule has 1 N–H and O–H groups in total. The highest BCUT2D eigenvalue weighted by Gasteiger charge is 2.05. The number of aryl methyl sites for hydroxylation is 1. The average molecular weight is 248 g/mol. The first kappa shape index (κ1) is 12.0. The van der Waals surface area contributed by atoms with Crippen molar-refractivity contribution in [2.45, 2.75) is 33.2 Å². The Morgan fingerprint density at radius 3 is 2.82 bits per heavy atom. The van der Waals surface area contributed by atoms with Crippen LogP contribution in [0.3, 0.4) is 0 Å². The fraction of sp³-hybridized carbons (Fsp3) is 0.417. The first-order valence-electron chi connectivity index (χ1n) is 5.63. The average Bonchev–Trinajstić information content (AvgIpc) is 2.78. The minimum Gasteiger partial charge on any atom is -0.348 e. The summed E-state index contributed by atoms with van der Waals surface area (Å²) >= 11 is 1.63. The van der Waals surface area contributed by atoms with Gasteiger partial charge in [0.15, 0.2) is 0 Å². The lowest BCUT2D eigenvalue weighted by Gasteiger charge is -2.09. The molecule has 0 bridgehead atoms. The minimum absolute atomic E-state index is 0.414. The van der Waals surface area contributed by atoms with E-state index in [-0.39, 0.29) is 0 Å². The summed E-state index contributed by atoms with van der Waals surface area (Å²) in [6, 6.07) is 2.03. The zero-order valence-electron chi connectivity index (χ0n) is 10.3. The van der Waals surface area contributed by atoms with Gasteiger partial charge in [0.1, 0.15) is 5.01 Å². The van der Waals surface area contributed by atoms with Crippen LogP contribution in [0.25, 0.3) is 0 Å². The maximum atomic E-state index is 4.49. The molecule has 90 valence electrons. The Bertz CT molecular complexity index is 479. The molecule has 0 saturated heterocycles. The van der Waals surface area contributed by atoms with Gasteiger partial charge in [-0.25, -0.2) is 15.0 Å². The largest absolute Gasteiger partial charge is 0.348 e. The standard InChI is InChI=1S/C12H16N4S/c1-8(2)10-6-9(3)15-12(16-10)14-7-11-13-4-5-17-11/h4-6,8H,7H2,1-3H3,(H,14,15,16). The lowest BCUT2D eigenvalue weighted by molar-refractivity contribution is 0.808. The van der Waals surface area contributed by atoms with E-state index in [1.165, 1.54) is 0 Å². The van der Waals surface area contributed by atoms with E-state index in [0.29, 0.717) is 18.4 Å². The second-order valence-electron chi connectivity index (χ2n) is 4.19. The van der Waals surface area contributed by atoms with E-state index >= 15 is 0 Å². The predicted molar refractivity (Wildman–Crippen MR) is 70.3 cm³/mol. The summed E-state index contributed by atoms with van der Waals surface area (Å²) in [7, 11) is 0. The fourth-order valence-electron chi connectivity index (χ4n) is 1.46. The quantitative estimate of drug-likeness (QED) is 0.903. The lowest BCUT2D eigenvalue weighted by atomic mass is 10.1. The van der Waals surface area contributed by atoms with Crippen molar-refractivity contribution in [1.82, 2.24) is 15.0 Å². The maximum absolute atomic E-state index is 4.49. The second-order valence-corrected chi connectivity index (χ2v) is 5.17. The third-order valence-electron chi connectivity index (χ3n) is 2.35. The number of rotatable bonds is 4. The monoisotopic (exact) mass is 248 g/mol. The Balaban J connectivity index is 2.10. The second kappa shape index (κ2) is 5.23. The van der Waals surface area contributed by atoms with Gasteiger partial charge < -0.3 is 5.32 Å². The zero-order chi connectivity index (χ0) is 12.3. The van der Waals surface area contributed by atoms with Crippen LogP contribution in [0.15, 0.2) is 17.6 Å². The van der Waals surface area contributed by atoms with E-state index in [1.54, 1.807) is 17.5 Å². The van der Waals surface area contributed by atoms with E-state index in [1.807, 2.05) is 18.4 Å². The Kier molecular flexibility index (Phi) is 3.68. The maximum Gasteiger partial charge on any atom is 0.223 e. The predicted octanol–water partition coefficient (Wildman–Crippen LogP) is 2.98. The third kappa shape index (κ3) is 3.23. The molecule has 2 aromatic rings. The minimum atomic E-state index is 0.414. The van der Waals surface area contributed by atoms with Crippen molar-refractivity contribution in [3.05, 3.63) is 34.0 Å². The molecule has 0 fully saturated rings. The smallest absolute Gasteiger partial charge is 0.223 e. The molecule has 4 nitrogen and oxygen atoms in total. The van der Waals surface area contributed by atoms with E-state index in [0.717, 1.165) is 16.4 Å². The van der Waals surface area contributed by atoms with Crippen molar-refractivity contribution >= 4 is 17.3 Å². The molecule has 0 aromatic carbocycles. The molecule has 5 heteroatoms. The summed E-state index contributed by atoms with van der Waals surface area (Å²) in [4.78, 5) is 13.1. The number of anilines is 1. The van der Waals surface area contributed by atoms with Gasteiger partial charge in [-0.1, -0.05) is 13.8 Å². The molecule has 0 aliphatic heterocycles. The molecule has 2 aromatic heterocycles. The molecule has 0 unspecified atom stereocenters. The highest BCUT2D eigenvalue weighted by molar-refractivity contribution is 7.09. The Morgan fingerprint density at radius 2 is 2.18 bits per heavy atom. The third-order valence-corrected chi connectivity index (χ3v) is 3.13. The Labute approximate surface area is 105 Å².